The molecular weight excluding hydrogens is 324 g/mol. The highest BCUT2D eigenvalue weighted by Crippen LogP contribution is 2.41. The molecule has 146 valence electrons. The van der Waals surface area contributed by atoms with Crippen LogP contribution >= 0.6 is 0 Å². The van der Waals surface area contributed by atoms with Crippen molar-refractivity contribution in [3.05, 3.63) is 40.5 Å². The Kier molecular flexibility index (Phi) is 7.49. The fraction of sp³-hybridized carbons (Fsp3) is 0.609. The van der Waals surface area contributed by atoms with E-state index in [9.17, 15) is 4.79 Å². The number of allylic oxidation sites excluding steroid dienone is 1. The van der Waals surface area contributed by atoms with E-state index in [1.165, 1.54) is 23.8 Å². The number of aryl methyl sites for hydroxylation is 1. The highest BCUT2D eigenvalue weighted by Gasteiger charge is 2.27. The highest BCUT2D eigenvalue weighted by atomic mass is 16.5. The normalized spacial score (nSPS) is 11.9. The molecular formula is C23H36O3. The van der Waals surface area contributed by atoms with E-state index >= 15 is 0 Å². The van der Waals surface area contributed by atoms with Crippen molar-refractivity contribution < 1.29 is 14.3 Å². The Labute approximate surface area is 159 Å². The van der Waals surface area contributed by atoms with Crippen LogP contribution in [0.3, 0.4) is 0 Å². The molecule has 0 amide bonds. The SMILES string of the molecule is COC(=O)CCc1cc(C(C)(C)C)c(OCC=C(C)C)c(C(C)(C)C)c1. The molecule has 3 nitrogen and oxygen atoms in total. The van der Waals surface area contributed by atoms with Gasteiger partial charge in [0.25, 0.3) is 0 Å². The summed E-state index contributed by atoms with van der Waals surface area (Å²) < 4.78 is 11.1. The van der Waals surface area contributed by atoms with Gasteiger partial charge < -0.3 is 9.47 Å². The molecule has 1 aromatic carbocycles. The summed E-state index contributed by atoms with van der Waals surface area (Å²) in [6, 6.07) is 4.38. The first kappa shape index (κ1) is 22.3. The van der Waals surface area contributed by atoms with Crippen molar-refractivity contribution in [1.82, 2.24) is 0 Å². The number of benzene rings is 1. The van der Waals surface area contributed by atoms with Crippen molar-refractivity contribution in [1.29, 1.82) is 0 Å². The summed E-state index contributed by atoms with van der Waals surface area (Å²) >= 11 is 0. The van der Waals surface area contributed by atoms with Gasteiger partial charge in [0.15, 0.2) is 0 Å². The number of esters is 1. The minimum absolute atomic E-state index is 0.0540. The average molecular weight is 361 g/mol. The zero-order valence-corrected chi connectivity index (χ0v) is 18.1. The van der Waals surface area contributed by atoms with Gasteiger partial charge in [-0.25, -0.2) is 0 Å². The fourth-order valence-electron chi connectivity index (χ4n) is 2.74. The zero-order valence-electron chi connectivity index (χ0n) is 18.1. The van der Waals surface area contributed by atoms with Crippen LogP contribution in [0.15, 0.2) is 23.8 Å². The summed E-state index contributed by atoms with van der Waals surface area (Å²) in [7, 11) is 1.43. The van der Waals surface area contributed by atoms with E-state index in [2.05, 4.69) is 73.6 Å². The smallest absolute Gasteiger partial charge is 0.305 e. The molecule has 0 saturated heterocycles. The minimum atomic E-state index is -0.177. The molecule has 0 N–H and O–H groups in total. The summed E-state index contributed by atoms with van der Waals surface area (Å²) in [5.74, 6) is 0.799. The Balaban J connectivity index is 3.43. The first-order valence-electron chi connectivity index (χ1n) is 9.37. The molecule has 0 aliphatic carbocycles. The van der Waals surface area contributed by atoms with Crippen molar-refractivity contribution in [2.24, 2.45) is 0 Å². The largest absolute Gasteiger partial charge is 0.489 e. The lowest BCUT2D eigenvalue weighted by Crippen LogP contribution is -2.21. The van der Waals surface area contributed by atoms with Gasteiger partial charge in [-0.3, -0.25) is 4.79 Å². The van der Waals surface area contributed by atoms with Crippen LogP contribution in [-0.4, -0.2) is 19.7 Å². The lowest BCUT2D eigenvalue weighted by atomic mass is 9.78. The molecule has 1 aromatic rings. The van der Waals surface area contributed by atoms with Gasteiger partial charge in [-0.15, -0.1) is 0 Å². The van der Waals surface area contributed by atoms with Crippen LogP contribution in [0.5, 0.6) is 5.75 Å². The number of hydrogen-bond donors (Lipinski definition) is 0. The molecule has 0 saturated carbocycles. The zero-order chi connectivity index (χ0) is 20.1. The second-order valence-corrected chi connectivity index (χ2v) is 9.19. The number of ether oxygens (including phenoxy) is 2. The van der Waals surface area contributed by atoms with E-state index in [-0.39, 0.29) is 16.8 Å². The maximum Gasteiger partial charge on any atom is 0.305 e. The van der Waals surface area contributed by atoms with Gasteiger partial charge in [-0.1, -0.05) is 59.2 Å². The van der Waals surface area contributed by atoms with Crippen molar-refractivity contribution in [3.63, 3.8) is 0 Å². The first-order chi connectivity index (χ1) is 11.9. The van der Waals surface area contributed by atoms with Gasteiger partial charge in [0.2, 0.25) is 0 Å². The topological polar surface area (TPSA) is 35.5 Å². The molecule has 1 rings (SSSR count). The molecule has 26 heavy (non-hydrogen) atoms. The van der Waals surface area contributed by atoms with E-state index in [0.29, 0.717) is 19.4 Å². The maximum atomic E-state index is 11.6. The van der Waals surface area contributed by atoms with Crippen LogP contribution in [0, 0.1) is 0 Å². The van der Waals surface area contributed by atoms with E-state index in [1.807, 2.05) is 0 Å². The van der Waals surface area contributed by atoms with Gasteiger partial charge in [-0.05, 0) is 42.7 Å². The van der Waals surface area contributed by atoms with Crippen molar-refractivity contribution in [2.45, 2.75) is 79.1 Å². The Hall–Kier alpha value is -1.77. The molecule has 0 bridgehead atoms. The molecule has 0 spiro atoms. The quantitative estimate of drug-likeness (QED) is 0.480. The van der Waals surface area contributed by atoms with Crippen molar-refractivity contribution >= 4 is 5.97 Å². The Morgan fingerprint density at radius 1 is 1.00 bits per heavy atom. The standard InChI is InChI=1S/C23H36O3/c1-16(2)12-13-26-21-18(22(3,4)5)14-17(10-11-20(24)25-9)15-19(21)23(6,7)8/h12,14-15H,10-11,13H2,1-9H3. The first-order valence-corrected chi connectivity index (χ1v) is 9.37. The summed E-state index contributed by atoms with van der Waals surface area (Å²) in [5, 5.41) is 0. The third-order valence-corrected chi connectivity index (χ3v) is 4.33. The molecule has 0 heterocycles. The van der Waals surface area contributed by atoms with Gasteiger partial charge in [0.1, 0.15) is 12.4 Å². The lowest BCUT2D eigenvalue weighted by Gasteiger charge is -2.30. The molecule has 3 heteroatoms. The summed E-state index contributed by atoms with van der Waals surface area (Å²) in [6.45, 7) is 17.9. The van der Waals surface area contributed by atoms with Crippen LogP contribution in [0.1, 0.15) is 78.5 Å². The third-order valence-electron chi connectivity index (χ3n) is 4.33. The Morgan fingerprint density at radius 3 is 1.88 bits per heavy atom. The van der Waals surface area contributed by atoms with Gasteiger partial charge in [0, 0.05) is 17.5 Å². The third kappa shape index (κ3) is 6.51. The fourth-order valence-corrected chi connectivity index (χ4v) is 2.74. The molecule has 0 atom stereocenters. The van der Waals surface area contributed by atoms with Crippen LogP contribution in [-0.2, 0) is 26.8 Å². The molecule has 0 fully saturated rings. The predicted molar refractivity (Wildman–Crippen MR) is 109 cm³/mol. The second kappa shape index (κ2) is 8.75. The average Bonchev–Trinajstić information content (AvgIpc) is 2.50. The molecule has 0 unspecified atom stereocenters. The summed E-state index contributed by atoms with van der Waals surface area (Å²) in [6.07, 6.45) is 3.17. The molecule has 0 aromatic heterocycles. The van der Waals surface area contributed by atoms with Crippen LogP contribution in [0.2, 0.25) is 0 Å². The second-order valence-electron chi connectivity index (χ2n) is 9.19. The summed E-state index contributed by atoms with van der Waals surface area (Å²) in [5.41, 5.74) is 4.66. The van der Waals surface area contributed by atoms with Gasteiger partial charge in [-0.2, -0.15) is 0 Å². The van der Waals surface area contributed by atoms with E-state index in [0.717, 1.165) is 11.3 Å². The number of methoxy groups -OCH3 is 1. The summed E-state index contributed by atoms with van der Waals surface area (Å²) in [4.78, 5) is 11.6. The minimum Gasteiger partial charge on any atom is -0.489 e. The van der Waals surface area contributed by atoms with E-state index in [1.54, 1.807) is 0 Å². The van der Waals surface area contributed by atoms with Crippen LogP contribution in [0.25, 0.3) is 0 Å². The van der Waals surface area contributed by atoms with Gasteiger partial charge in [0.05, 0.1) is 7.11 Å². The van der Waals surface area contributed by atoms with E-state index < -0.39 is 0 Å². The van der Waals surface area contributed by atoms with Crippen LogP contribution in [0.4, 0.5) is 0 Å². The number of carbonyl (C=O) groups excluding carboxylic acids is 1. The Morgan fingerprint density at radius 2 is 1.50 bits per heavy atom. The van der Waals surface area contributed by atoms with Crippen LogP contribution < -0.4 is 4.74 Å². The maximum absolute atomic E-state index is 11.6. The highest BCUT2D eigenvalue weighted by molar-refractivity contribution is 5.69. The molecule has 0 aliphatic heterocycles. The van der Waals surface area contributed by atoms with Crippen molar-refractivity contribution in [2.75, 3.05) is 13.7 Å². The van der Waals surface area contributed by atoms with Gasteiger partial charge >= 0.3 is 5.97 Å². The molecule has 0 radical (unpaired) electrons. The van der Waals surface area contributed by atoms with Crippen molar-refractivity contribution in [3.8, 4) is 5.75 Å². The monoisotopic (exact) mass is 360 g/mol. The Bertz CT molecular complexity index is 616. The van der Waals surface area contributed by atoms with E-state index in [4.69, 9.17) is 9.47 Å². The number of hydrogen-bond acceptors (Lipinski definition) is 3. The predicted octanol–water partition coefficient (Wildman–Crippen LogP) is 5.73. The number of carbonyl (C=O) groups is 1. The number of rotatable bonds is 6. The molecule has 0 aliphatic rings. The lowest BCUT2D eigenvalue weighted by molar-refractivity contribution is -0.140.